The van der Waals surface area contributed by atoms with Crippen molar-refractivity contribution >= 4 is 0 Å². The number of aliphatic hydroxyl groups excluding tert-OH is 1. The second-order valence-electron chi connectivity index (χ2n) is 4.56. The lowest BCUT2D eigenvalue weighted by atomic mass is 9.94. The predicted molar refractivity (Wildman–Crippen MR) is 70.6 cm³/mol. The quantitative estimate of drug-likeness (QED) is 0.735. The molecule has 0 amide bonds. The zero-order valence-electron chi connectivity index (χ0n) is 10.7. The van der Waals surface area contributed by atoms with Gasteiger partial charge in [-0.2, -0.15) is 0 Å². The summed E-state index contributed by atoms with van der Waals surface area (Å²) in [5, 5.41) is 9.93. The van der Waals surface area contributed by atoms with E-state index in [-0.39, 0.29) is 17.9 Å². The lowest BCUT2D eigenvalue weighted by Gasteiger charge is -2.22. The van der Waals surface area contributed by atoms with Crippen LogP contribution in [-0.4, -0.2) is 17.8 Å². The molecule has 0 aliphatic carbocycles. The van der Waals surface area contributed by atoms with Crippen molar-refractivity contribution in [1.82, 2.24) is 0 Å². The van der Waals surface area contributed by atoms with Crippen molar-refractivity contribution in [3.05, 3.63) is 48.6 Å². The predicted octanol–water partition coefficient (Wildman–Crippen LogP) is 3.02. The van der Waals surface area contributed by atoms with Gasteiger partial charge in [-0.05, 0) is 5.56 Å². The Bertz CT molecular complexity index is 321. The lowest BCUT2D eigenvalue weighted by Crippen LogP contribution is -2.27. The third-order valence-corrected chi connectivity index (χ3v) is 2.99. The minimum absolute atomic E-state index is 0.102. The number of aliphatic hydroxyl groups is 1. The summed E-state index contributed by atoms with van der Waals surface area (Å²) in [5.74, 6) is 0.219. The molecule has 1 aromatic carbocycles. The van der Waals surface area contributed by atoms with Crippen LogP contribution in [0.3, 0.4) is 0 Å². The fourth-order valence-electron chi connectivity index (χ4n) is 1.69. The molecule has 0 fully saturated rings. The van der Waals surface area contributed by atoms with Crippen LogP contribution in [0.1, 0.15) is 19.4 Å². The SMILES string of the molecule is C=C[C@@H](C)[C@H](O)[C@@H](C)COCc1ccccc1. The van der Waals surface area contributed by atoms with Crippen LogP contribution < -0.4 is 0 Å². The minimum Gasteiger partial charge on any atom is -0.392 e. The topological polar surface area (TPSA) is 29.5 Å². The Labute approximate surface area is 104 Å². The Hall–Kier alpha value is -1.12. The zero-order chi connectivity index (χ0) is 12.7. The fourth-order valence-corrected chi connectivity index (χ4v) is 1.69. The number of hydrogen-bond acceptors (Lipinski definition) is 2. The van der Waals surface area contributed by atoms with Crippen molar-refractivity contribution in [1.29, 1.82) is 0 Å². The monoisotopic (exact) mass is 234 g/mol. The molecular formula is C15H22O2. The highest BCUT2D eigenvalue weighted by Crippen LogP contribution is 2.14. The zero-order valence-corrected chi connectivity index (χ0v) is 10.7. The first-order chi connectivity index (χ1) is 8.15. The Morgan fingerprint density at radius 3 is 2.53 bits per heavy atom. The molecule has 1 N–H and O–H groups in total. The third kappa shape index (κ3) is 4.72. The number of rotatable bonds is 7. The molecular weight excluding hydrogens is 212 g/mol. The summed E-state index contributed by atoms with van der Waals surface area (Å²) in [5.41, 5.74) is 1.16. The van der Waals surface area contributed by atoms with Crippen LogP contribution in [0.25, 0.3) is 0 Å². The molecule has 0 aromatic heterocycles. The van der Waals surface area contributed by atoms with E-state index in [2.05, 4.69) is 6.58 Å². The number of ether oxygens (including phenoxy) is 1. The highest BCUT2D eigenvalue weighted by atomic mass is 16.5. The van der Waals surface area contributed by atoms with Gasteiger partial charge in [-0.25, -0.2) is 0 Å². The van der Waals surface area contributed by atoms with Crippen LogP contribution in [0.15, 0.2) is 43.0 Å². The van der Waals surface area contributed by atoms with Crippen molar-refractivity contribution in [2.45, 2.75) is 26.6 Å². The van der Waals surface area contributed by atoms with Crippen LogP contribution in [0.5, 0.6) is 0 Å². The third-order valence-electron chi connectivity index (χ3n) is 2.99. The van der Waals surface area contributed by atoms with Gasteiger partial charge in [-0.15, -0.1) is 6.58 Å². The summed E-state index contributed by atoms with van der Waals surface area (Å²) >= 11 is 0. The Balaban J connectivity index is 2.29. The second kappa shape index (κ2) is 7.25. The van der Waals surface area contributed by atoms with E-state index in [1.165, 1.54) is 0 Å². The van der Waals surface area contributed by atoms with Crippen LogP contribution in [0.4, 0.5) is 0 Å². The second-order valence-corrected chi connectivity index (χ2v) is 4.56. The summed E-state index contributed by atoms with van der Waals surface area (Å²) < 4.78 is 5.60. The molecule has 0 saturated heterocycles. The molecule has 1 aromatic rings. The maximum atomic E-state index is 9.93. The van der Waals surface area contributed by atoms with Gasteiger partial charge in [0.1, 0.15) is 0 Å². The summed E-state index contributed by atoms with van der Waals surface area (Å²) in [4.78, 5) is 0. The number of hydrogen-bond donors (Lipinski definition) is 1. The van der Waals surface area contributed by atoms with E-state index in [4.69, 9.17) is 4.74 Å². The van der Waals surface area contributed by atoms with E-state index in [9.17, 15) is 5.11 Å². The van der Waals surface area contributed by atoms with Gasteiger partial charge < -0.3 is 9.84 Å². The minimum atomic E-state index is -0.386. The summed E-state index contributed by atoms with van der Waals surface area (Å²) in [7, 11) is 0. The van der Waals surface area contributed by atoms with Gasteiger partial charge >= 0.3 is 0 Å². The molecule has 0 aliphatic heterocycles. The highest BCUT2D eigenvalue weighted by Gasteiger charge is 2.18. The van der Waals surface area contributed by atoms with Crippen LogP contribution >= 0.6 is 0 Å². The molecule has 1 rings (SSSR count). The molecule has 0 spiro atoms. The first-order valence-corrected chi connectivity index (χ1v) is 6.07. The van der Waals surface area contributed by atoms with E-state index >= 15 is 0 Å². The summed E-state index contributed by atoms with van der Waals surface area (Å²) in [6, 6.07) is 10.1. The molecule has 0 radical (unpaired) electrons. The molecule has 2 nitrogen and oxygen atoms in total. The molecule has 3 atom stereocenters. The fraction of sp³-hybridized carbons (Fsp3) is 0.467. The molecule has 0 heterocycles. The van der Waals surface area contributed by atoms with E-state index < -0.39 is 0 Å². The van der Waals surface area contributed by atoms with Crippen LogP contribution in [-0.2, 0) is 11.3 Å². The van der Waals surface area contributed by atoms with E-state index in [1.54, 1.807) is 6.08 Å². The smallest absolute Gasteiger partial charge is 0.0717 e. The standard InChI is InChI=1S/C15H22O2/c1-4-12(2)15(16)13(3)10-17-11-14-8-6-5-7-9-14/h4-9,12-13,15-16H,1,10-11H2,2-3H3/t12-,13+,15+/m1/s1. The maximum absolute atomic E-state index is 9.93. The van der Waals surface area contributed by atoms with Gasteiger partial charge in [-0.3, -0.25) is 0 Å². The van der Waals surface area contributed by atoms with Gasteiger partial charge in [0.15, 0.2) is 0 Å². The average Bonchev–Trinajstić information content (AvgIpc) is 2.38. The van der Waals surface area contributed by atoms with Gasteiger partial charge in [0.2, 0.25) is 0 Å². The van der Waals surface area contributed by atoms with Crippen molar-refractivity contribution in [3.63, 3.8) is 0 Å². The summed E-state index contributed by atoms with van der Waals surface area (Å²) in [6.45, 7) is 8.81. The van der Waals surface area contributed by atoms with Gasteiger partial charge in [0.05, 0.1) is 19.3 Å². The highest BCUT2D eigenvalue weighted by molar-refractivity contribution is 5.13. The largest absolute Gasteiger partial charge is 0.392 e. The first-order valence-electron chi connectivity index (χ1n) is 6.07. The van der Waals surface area contributed by atoms with Crippen LogP contribution in [0, 0.1) is 11.8 Å². The normalized spacial score (nSPS) is 16.2. The molecule has 94 valence electrons. The molecule has 17 heavy (non-hydrogen) atoms. The molecule has 2 heteroatoms. The number of benzene rings is 1. The van der Waals surface area contributed by atoms with Crippen molar-refractivity contribution in [2.24, 2.45) is 11.8 Å². The molecule has 0 bridgehead atoms. The van der Waals surface area contributed by atoms with Gasteiger partial charge in [-0.1, -0.05) is 50.3 Å². The summed E-state index contributed by atoms with van der Waals surface area (Å²) in [6.07, 6.45) is 1.39. The van der Waals surface area contributed by atoms with Gasteiger partial charge in [0, 0.05) is 11.8 Å². The Morgan fingerprint density at radius 1 is 1.29 bits per heavy atom. The van der Waals surface area contributed by atoms with E-state index in [0.29, 0.717) is 13.2 Å². The first kappa shape index (κ1) is 13.9. The lowest BCUT2D eigenvalue weighted by molar-refractivity contribution is 0.0134. The Morgan fingerprint density at radius 2 is 1.94 bits per heavy atom. The van der Waals surface area contributed by atoms with E-state index in [0.717, 1.165) is 5.56 Å². The molecule has 0 aliphatic rings. The average molecular weight is 234 g/mol. The van der Waals surface area contributed by atoms with Crippen LogP contribution in [0.2, 0.25) is 0 Å². The van der Waals surface area contributed by atoms with Crippen molar-refractivity contribution < 1.29 is 9.84 Å². The molecule has 0 saturated carbocycles. The Kier molecular flexibility index (Phi) is 5.95. The van der Waals surface area contributed by atoms with Crippen molar-refractivity contribution in [2.75, 3.05) is 6.61 Å². The van der Waals surface area contributed by atoms with E-state index in [1.807, 2.05) is 44.2 Å². The van der Waals surface area contributed by atoms with Crippen molar-refractivity contribution in [3.8, 4) is 0 Å². The maximum Gasteiger partial charge on any atom is 0.0717 e. The van der Waals surface area contributed by atoms with Gasteiger partial charge in [0.25, 0.3) is 0 Å². The molecule has 0 unspecified atom stereocenters.